The lowest BCUT2D eigenvalue weighted by Crippen LogP contribution is -2.62. The van der Waals surface area contributed by atoms with Crippen LogP contribution >= 0.6 is 0 Å². The zero-order chi connectivity index (χ0) is 14.3. The van der Waals surface area contributed by atoms with E-state index in [0.717, 1.165) is 6.42 Å². The lowest BCUT2D eigenvalue weighted by molar-refractivity contribution is -0.167. The highest BCUT2D eigenvalue weighted by Crippen LogP contribution is 2.37. The largest absolute Gasteiger partial charge is 0.458 e. The van der Waals surface area contributed by atoms with E-state index >= 15 is 0 Å². The number of nitrogens with zero attached hydrogens (tertiary/aromatic N) is 1. The summed E-state index contributed by atoms with van der Waals surface area (Å²) < 4.78 is 5.33. The first-order chi connectivity index (χ1) is 8.88. The van der Waals surface area contributed by atoms with E-state index in [9.17, 15) is 14.4 Å². The number of carbonyl (C=O) groups is 3. The van der Waals surface area contributed by atoms with Gasteiger partial charge in [-0.25, -0.2) is 0 Å². The number of piperidine rings is 1. The maximum atomic E-state index is 12.0. The summed E-state index contributed by atoms with van der Waals surface area (Å²) in [4.78, 5) is 36.4. The maximum absolute atomic E-state index is 12.0. The van der Waals surface area contributed by atoms with Crippen molar-refractivity contribution in [1.82, 2.24) is 10.2 Å². The maximum Gasteiger partial charge on any atom is 0.313 e. The Labute approximate surface area is 112 Å². The van der Waals surface area contributed by atoms with Crippen molar-refractivity contribution in [3.8, 4) is 0 Å². The second-order valence-electron chi connectivity index (χ2n) is 5.40. The van der Waals surface area contributed by atoms with Crippen LogP contribution in [0.3, 0.4) is 0 Å². The summed E-state index contributed by atoms with van der Waals surface area (Å²) in [5.41, 5.74) is 0. The van der Waals surface area contributed by atoms with E-state index < -0.39 is 30.1 Å². The lowest BCUT2D eigenvalue weighted by atomic mass is 9.78. The van der Waals surface area contributed by atoms with Gasteiger partial charge >= 0.3 is 17.8 Å². The SMILES string of the molecule is CC[C@@H]1[C@@H](C)[C@H](C)[C@H](OC(C)=O)C2NC(=O)C(=O)N21. The monoisotopic (exact) mass is 268 g/mol. The molecule has 0 aromatic rings. The number of carbonyl (C=O) groups excluding carboxylic acids is 3. The van der Waals surface area contributed by atoms with Crippen LogP contribution in [0.4, 0.5) is 0 Å². The van der Waals surface area contributed by atoms with Gasteiger partial charge in [-0.3, -0.25) is 14.4 Å². The third-order valence-corrected chi connectivity index (χ3v) is 4.35. The van der Waals surface area contributed by atoms with Gasteiger partial charge in [0.2, 0.25) is 0 Å². The molecule has 0 saturated carbocycles. The quantitative estimate of drug-likeness (QED) is 0.576. The normalized spacial score (nSPS) is 37.9. The number of hydrogen-bond donors (Lipinski definition) is 1. The summed E-state index contributed by atoms with van der Waals surface area (Å²) in [6.07, 6.45) is -0.235. The van der Waals surface area contributed by atoms with Gasteiger partial charge < -0.3 is 15.0 Å². The predicted octanol–water partition coefficient (Wildman–Crippen LogP) is 0.267. The molecule has 19 heavy (non-hydrogen) atoms. The highest BCUT2D eigenvalue weighted by molar-refractivity contribution is 6.37. The van der Waals surface area contributed by atoms with E-state index in [0.29, 0.717) is 0 Å². The molecule has 2 heterocycles. The van der Waals surface area contributed by atoms with Crippen molar-refractivity contribution in [1.29, 1.82) is 0 Å². The minimum absolute atomic E-state index is 0.00161. The summed E-state index contributed by atoms with van der Waals surface area (Å²) >= 11 is 0. The zero-order valence-electron chi connectivity index (χ0n) is 11.7. The van der Waals surface area contributed by atoms with Gasteiger partial charge in [-0.2, -0.15) is 0 Å². The Balaban J connectivity index is 2.35. The molecule has 0 radical (unpaired) electrons. The van der Waals surface area contributed by atoms with E-state index in [4.69, 9.17) is 4.74 Å². The number of hydrogen-bond acceptors (Lipinski definition) is 4. The first kappa shape index (κ1) is 13.8. The Bertz CT molecular complexity index is 423. The number of fused-ring (bicyclic) bond motifs is 1. The van der Waals surface area contributed by atoms with Gasteiger partial charge in [0.05, 0.1) is 0 Å². The van der Waals surface area contributed by atoms with Crippen molar-refractivity contribution >= 4 is 17.8 Å². The first-order valence-electron chi connectivity index (χ1n) is 6.68. The Morgan fingerprint density at radius 1 is 1.32 bits per heavy atom. The number of nitrogens with one attached hydrogen (secondary N) is 1. The zero-order valence-corrected chi connectivity index (χ0v) is 11.7. The Hall–Kier alpha value is -1.59. The second kappa shape index (κ2) is 4.83. The van der Waals surface area contributed by atoms with Gasteiger partial charge in [-0.15, -0.1) is 0 Å². The summed E-state index contributed by atoms with van der Waals surface area (Å²) in [5, 5.41) is 2.64. The van der Waals surface area contributed by atoms with Crippen LogP contribution < -0.4 is 5.32 Å². The van der Waals surface area contributed by atoms with Crippen LogP contribution in [-0.4, -0.2) is 41.0 Å². The van der Waals surface area contributed by atoms with Crippen LogP contribution in [0.2, 0.25) is 0 Å². The fourth-order valence-corrected chi connectivity index (χ4v) is 3.23. The molecule has 0 bridgehead atoms. The third kappa shape index (κ3) is 2.09. The van der Waals surface area contributed by atoms with Crippen LogP contribution in [0.1, 0.15) is 34.1 Å². The molecular formula is C13H20N2O4. The number of rotatable bonds is 2. The minimum atomic E-state index is -0.609. The van der Waals surface area contributed by atoms with E-state index in [2.05, 4.69) is 5.32 Å². The minimum Gasteiger partial charge on any atom is -0.458 e. The number of ether oxygens (including phenoxy) is 1. The van der Waals surface area contributed by atoms with Gasteiger partial charge in [-0.1, -0.05) is 20.8 Å². The Morgan fingerprint density at radius 3 is 2.47 bits per heavy atom. The highest BCUT2D eigenvalue weighted by atomic mass is 16.5. The molecule has 0 aromatic heterocycles. The van der Waals surface area contributed by atoms with Gasteiger partial charge in [0.15, 0.2) is 0 Å². The molecule has 2 aliphatic heterocycles. The van der Waals surface area contributed by atoms with E-state index in [1.54, 1.807) is 4.90 Å². The summed E-state index contributed by atoms with van der Waals surface area (Å²) in [5.74, 6) is -1.27. The molecular weight excluding hydrogens is 248 g/mol. The molecule has 0 aromatic carbocycles. The van der Waals surface area contributed by atoms with Crippen LogP contribution in [0.15, 0.2) is 0 Å². The smallest absolute Gasteiger partial charge is 0.313 e. The first-order valence-corrected chi connectivity index (χ1v) is 6.68. The van der Waals surface area contributed by atoms with E-state index in [1.165, 1.54) is 6.92 Å². The van der Waals surface area contributed by atoms with E-state index in [1.807, 2.05) is 20.8 Å². The third-order valence-electron chi connectivity index (χ3n) is 4.35. The topological polar surface area (TPSA) is 75.7 Å². The molecule has 2 fully saturated rings. The lowest BCUT2D eigenvalue weighted by Gasteiger charge is -2.47. The fourth-order valence-electron chi connectivity index (χ4n) is 3.23. The van der Waals surface area contributed by atoms with Gasteiger partial charge in [0.1, 0.15) is 12.3 Å². The summed E-state index contributed by atoms with van der Waals surface area (Å²) in [6.45, 7) is 7.36. The van der Waals surface area contributed by atoms with Gasteiger partial charge in [0, 0.05) is 18.9 Å². The van der Waals surface area contributed by atoms with Crippen molar-refractivity contribution in [3.63, 3.8) is 0 Å². The Kier molecular flexibility index (Phi) is 3.52. The van der Waals surface area contributed by atoms with Crippen molar-refractivity contribution in [3.05, 3.63) is 0 Å². The molecule has 6 nitrogen and oxygen atoms in total. The molecule has 6 heteroatoms. The molecule has 5 atom stereocenters. The van der Waals surface area contributed by atoms with Crippen LogP contribution in [0.25, 0.3) is 0 Å². The van der Waals surface area contributed by atoms with Crippen molar-refractivity contribution in [2.75, 3.05) is 0 Å². The molecule has 0 aliphatic carbocycles. The number of amides is 2. The molecule has 0 spiro atoms. The molecule has 106 valence electrons. The molecule has 2 aliphatic rings. The number of esters is 1. The van der Waals surface area contributed by atoms with Crippen molar-refractivity contribution in [2.24, 2.45) is 11.8 Å². The molecule has 2 rings (SSSR count). The predicted molar refractivity (Wildman–Crippen MR) is 66.7 cm³/mol. The fraction of sp³-hybridized carbons (Fsp3) is 0.769. The molecule has 2 amide bonds. The summed E-state index contributed by atoms with van der Waals surface area (Å²) in [6, 6.07) is -0.00161. The van der Waals surface area contributed by atoms with Crippen LogP contribution in [0, 0.1) is 11.8 Å². The summed E-state index contributed by atoms with van der Waals surface area (Å²) in [7, 11) is 0. The molecule has 1 N–H and O–H groups in total. The Morgan fingerprint density at radius 2 is 1.95 bits per heavy atom. The average Bonchev–Trinajstić information content (AvgIpc) is 2.63. The molecule has 1 unspecified atom stereocenters. The average molecular weight is 268 g/mol. The standard InChI is InChI=1S/C13H20N2O4/c1-5-9-6(2)7(3)10(19-8(4)16)11-14-12(17)13(18)15(9)11/h6-7,9-11H,5H2,1-4H3,(H,14,17)/t6-,7-,9+,10-,11?/m0/s1. The van der Waals surface area contributed by atoms with Gasteiger partial charge in [0.25, 0.3) is 0 Å². The second-order valence-corrected chi connectivity index (χ2v) is 5.40. The van der Waals surface area contributed by atoms with Crippen molar-refractivity contribution in [2.45, 2.75) is 52.4 Å². The van der Waals surface area contributed by atoms with Gasteiger partial charge in [-0.05, 0) is 12.3 Å². The molecule has 2 saturated heterocycles. The van der Waals surface area contributed by atoms with Crippen LogP contribution in [0.5, 0.6) is 0 Å². The van der Waals surface area contributed by atoms with Crippen LogP contribution in [-0.2, 0) is 19.1 Å². The van der Waals surface area contributed by atoms with E-state index in [-0.39, 0.29) is 17.9 Å². The van der Waals surface area contributed by atoms with Crippen molar-refractivity contribution < 1.29 is 19.1 Å². The highest BCUT2D eigenvalue weighted by Gasteiger charge is 2.54.